The van der Waals surface area contributed by atoms with Crippen LogP contribution in [0.5, 0.6) is 0 Å². The third kappa shape index (κ3) is 5.83. The van der Waals surface area contributed by atoms with Gasteiger partial charge in [0.2, 0.25) is 0 Å². The minimum Gasteiger partial charge on any atom is -0.454 e. The van der Waals surface area contributed by atoms with E-state index in [1.165, 1.54) is 21.6 Å². The Balaban J connectivity index is 1.32. The predicted molar refractivity (Wildman–Crippen MR) is 143 cm³/mol. The molecule has 1 unspecified atom stereocenters. The summed E-state index contributed by atoms with van der Waals surface area (Å²) in [4.78, 5) is 32.2. The van der Waals surface area contributed by atoms with E-state index in [0.29, 0.717) is 37.5 Å². The normalized spacial score (nSPS) is 19.4. The van der Waals surface area contributed by atoms with Crippen molar-refractivity contribution in [2.24, 2.45) is 0 Å². The molecule has 1 amide bonds. The predicted octanol–water partition coefficient (Wildman–Crippen LogP) is 5.87. The highest BCUT2D eigenvalue weighted by Gasteiger charge is 2.43. The Morgan fingerprint density at radius 1 is 0.974 bits per heavy atom. The number of hydrogen-bond donors (Lipinski definition) is 1. The van der Waals surface area contributed by atoms with Gasteiger partial charge in [-0.1, -0.05) is 36.4 Å². The monoisotopic (exact) mass is 541 g/mol. The van der Waals surface area contributed by atoms with Crippen LogP contribution in [-0.2, 0) is 16.1 Å². The highest BCUT2D eigenvalue weighted by Crippen LogP contribution is 2.34. The highest BCUT2D eigenvalue weighted by molar-refractivity contribution is 6.01. The second-order valence-corrected chi connectivity index (χ2v) is 10.8. The second kappa shape index (κ2) is 11.0. The van der Waals surface area contributed by atoms with Gasteiger partial charge in [-0.25, -0.2) is 4.79 Å². The summed E-state index contributed by atoms with van der Waals surface area (Å²) < 4.78 is 42.8. The SMILES string of the molecule is Cc1cccc(C)c1C1CCN(Cc2c(C(=O)N3CCCC(OC(=O)C(F)(F)F)C3)[nH]c3ccccc23)CC1. The van der Waals surface area contributed by atoms with Crippen molar-refractivity contribution in [2.45, 2.75) is 64.3 Å². The summed E-state index contributed by atoms with van der Waals surface area (Å²) in [5, 5.41) is 0.967. The van der Waals surface area contributed by atoms with Gasteiger partial charge in [-0.3, -0.25) is 9.69 Å². The molecule has 5 rings (SSSR count). The Morgan fingerprint density at radius 2 is 1.67 bits per heavy atom. The Hall–Kier alpha value is -3.33. The molecule has 1 aromatic heterocycles. The molecule has 2 fully saturated rings. The molecule has 2 aliphatic rings. The van der Waals surface area contributed by atoms with Crippen LogP contribution in [0.25, 0.3) is 10.9 Å². The third-order valence-electron chi connectivity index (χ3n) is 8.12. The molecule has 9 heteroatoms. The number of aromatic nitrogens is 1. The van der Waals surface area contributed by atoms with Crippen molar-refractivity contribution in [3.63, 3.8) is 0 Å². The van der Waals surface area contributed by atoms with Crippen LogP contribution >= 0.6 is 0 Å². The first-order valence-electron chi connectivity index (χ1n) is 13.6. The number of alkyl halides is 3. The van der Waals surface area contributed by atoms with E-state index in [4.69, 9.17) is 0 Å². The number of H-pyrrole nitrogens is 1. The molecule has 0 aliphatic carbocycles. The number of nitrogens with one attached hydrogen (secondary N) is 1. The number of piperidine rings is 2. The molecule has 2 aliphatic heterocycles. The van der Waals surface area contributed by atoms with Gasteiger partial charge >= 0.3 is 12.1 Å². The minimum absolute atomic E-state index is 0.0589. The Labute approximate surface area is 226 Å². The summed E-state index contributed by atoms with van der Waals surface area (Å²) in [7, 11) is 0. The molecule has 3 heterocycles. The van der Waals surface area contributed by atoms with Gasteiger partial charge in [-0.2, -0.15) is 13.2 Å². The number of para-hydroxylation sites is 1. The summed E-state index contributed by atoms with van der Waals surface area (Å²) >= 11 is 0. The van der Waals surface area contributed by atoms with Crippen LogP contribution in [0.2, 0.25) is 0 Å². The zero-order valence-corrected chi connectivity index (χ0v) is 22.3. The van der Waals surface area contributed by atoms with E-state index >= 15 is 0 Å². The summed E-state index contributed by atoms with van der Waals surface area (Å²) in [6.45, 7) is 7.10. The number of nitrogens with zero attached hydrogens (tertiary/aromatic N) is 2. The summed E-state index contributed by atoms with van der Waals surface area (Å²) in [5.74, 6) is -1.98. The smallest absolute Gasteiger partial charge is 0.454 e. The van der Waals surface area contributed by atoms with Gasteiger partial charge in [0, 0.05) is 29.6 Å². The number of benzene rings is 2. The molecule has 1 atom stereocenters. The van der Waals surface area contributed by atoms with E-state index in [1.807, 2.05) is 24.3 Å². The minimum atomic E-state index is -5.05. The van der Waals surface area contributed by atoms with Crippen LogP contribution in [0, 0.1) is 13.8 Å². The number of carbonyl (C=O) groups excluding carboxylic acids is 2. The van der Waals surface area contributed by atoms with Crippen molar-refractivity contribution in [2.75, 3.05) is 26.2 Å². The lowest BCUT2D eigenvalue weighted by atomic mass is 9.84. The topological polar surface area (TPSA) is 65.6 Å². The quantitative estimate of drug-likeness (QED) is 0.410. The van der Waals surface area contributed by atoms with Crippen molar-refractivity contribution >= 4 is 22.8 Å². The molecule has 2 saturated heterocycles. The van der Waals surface area contributed by atoms with Gasteiger partial charge < -0.3 is 14.6 Å². The average Bonchev–Trinajstić information content (AvgIpc) is 3.27. The van der Waals surface area contributed by atoms with Crippen molar-refractivity contribution in [3.8, 4) is 0 Å². The highest BCUT2D eigenvalue weighted by atomic mass is 19.4. The van der Waals surface area contributed by atoms with Crippen LogP contribution in [0.15, 0.2) is 42.5 Å². The molecule has 0 spiro atoms. The molecule has 3 aromatic rings. The summed E-state index contributed by atoms with van der Waals surface area (Å²) in [6.07, 6.45) is -3.20. The van der Waals surface area contributed by atoms with Crippen molar-refractivity contribution in [1.29, 1.82) is 0 Å². The Morgan fingerprint density at radius 3 is 2.36 bits per heavy atom. The first kappa shape index (κ1) is 27.2. The molecule has 1 N–H and O–H groups in total. The van der Waals surface area contributed by atoms with Gasteiger partial charge in [0.15, 0.2) is 0 Å². The van der Waals surface area contributed by atoms with Crippen molar-refractivity contribution < 1.29 is 27.5 Å². The van der Waals surface area contributed by atoms with Crippen LogP contribution in [0.3, 0.4) is 0 Å². The number of aryl methyl sites for hydroxylation is 2. The van der Waals surface area contributed by atoms with E-state index in [-0.39, 0.29) is 12.5 Å². The number of amides is 1. The molecule has 0 radical (unpaired) electrons. The van der Waals surface area contributed by atoms with E-state index in [2.05, 4.69) is 46.7 Å². The number of halogens is 3. The van der Waals surface area contributed by atoms with Gasteiger partial charge in [-0.05, 0) is 81.3 Å². The standard InChI is InChI=1S/C30H34F3N3O3/c1-19-7-5-8-20(2)26(19)21-12-15-35(16-13-21)18-24-23-10-3-4-11-25(23)34-27(24)28(37)36-14-6-9-22(17-36)39-29(38)30(31,32)33/h3-5,7-8,10-11,21-22,34H,6,9,12-18H2,1-2H3. The van der Waals surface area contributed by atoms with E-state index < -0.39 is 18.2 Å². The van der Waals surface area contributed by atoms with Crippen LogP contribution in [0.1, 0.15) is 64.3 Å². The molecule has 2 aromatic carbocycles. The first-order valence-corrected chi connectivity index (χ1v) is 13.6. The Bertz CT molecular complexity index is 1340. The van der Waals surface area contributed by atoms with E-state index in [9.17, 15) is 22.8 Å². The van der Waals surface area contributed by atoms with Gasteiger partial charge in [0.25, 0.3) is 5.91 Å². The molecule has 0 bridgehead atoms. The van der Waals surface area contributed by atoms with E-state index in [0.717, 1.165) is 42.4 Å². The fourth-order valence-electron chi connectivity index (χ4n) is 6.22. The first-order chi connectivity index (χ1) is 18.6. The van der Waals surface area contributed by atoms with Crippen LogP contribution in [0.4, 0.5) is 13.2 Å². The number of likely N-dealkylation sites (tertiary alicyclic amines) is 2. The van der Waals surface area contributed by atoms with Gasteiger partial charge in [0.1, 0.15) is 11.8 Å². The molecule has 39 heavy (non-hydrogen) atoms. The van der Waals surface area contributed by atoms with E-state index in [1.54, 1.807) is 0 Å². The lowest BCUT2D eigenvalue weighted by Crippen LogP contribution is -2.45. The number of aromatic amines is 1. The molecular weight excluding hydrogens is 507 g/mol. The largest absolute Gasteiger partial charge is 0.490 e. The second-order valence-electron chi connectivity index (χ2n) is 10.8. The van der Waals surface area contributed by atoms with Gasteiger partial charge in [-0.15, -0.1) is 0 Å². The zero-order chi connectivity index (χ0) is 27.7. The number of carbonyl (C=O) groups is 2. The van der Waals surface area contributed by atoms with Crippen LogP contribution in [-0.4, -0.2) is 65.1 Å². The van der Waals surface area contributed by atoms with Gasteiger partial charge in [0.05, 0.1) is 6.54 Å². The number of fused-ring (bicyclic) bond motifs is 1. The maximum atomic E-state index is 13.7. The fraction of sp³-hybridized carbons (Fsp3) is 0.467. The lowest BCUT2D eigenvalue weighted by Gasteiger charge is -2.34. The summed E-state index contributed by atoms with van der Waals surface area (Å²) in [5.41, 5.74) is 6.31. The third-order valence-corrected chi connectivity index (χ3v) is 8.12. The lowest BCUT2D eigenvalue weighted by molar-refractivity contribution is -0.206. The summed E-state index contributed by atoms with van der Waals surface area (Å²) in [6, 6.07) is 14.2. The van der Waals surface area contributed by atoms with Crippen molar-refractivity contribution in [1.82, 2.24) is 14.8 Å². The number of rotatable bonds is 5. The number of hydrogen-bond acceptors (Lipinski definition) is 4. The molecule has 0 saturated carbocycles. The van der Waals surface area contributed by atoms with Crippen molar-refractivity contribution in [3.05, 3.63) is 70.4 Å². The Kier molecular flexibility index (Phi) is 7.71. The average molecular weight is 542 g/mol. The molecule has 6 nitrogen and oxygen atoms in total. The molecule has 208 valence electrons. The van der Waals surface area contributed by atoms with Crippen LogP contribution < -0.4 is 0 Å². The maximum Gasteiger partial charge on any atom is 0.490 e. The number of ether oxygens (including phenoxy) is 1. The number of esters is 1. The molecular formula is C30H34F3N3O3. The fourth-order valence-corrected chi connectivity index (χ4v) is 6.22. The zero-order valence-electron chi connectivity index (χ0n) is 22.3. The maximum absolute atomic E-state index is 13.7.